The van der Waals surface area contributed by atoms with Crippen molar-refractivity contribution in [3.8, 4) is 0 Å². The Bertz CT molecular complexity index is 1020. The van der Waals surface area contributed by atoms with Gasteiger partial charge in [-0.05, 0) is 48.9 Å². The molecule has 0 aliphatic heterocycles. The highest BCUT2D eigenvalue weighted by atomic mass is 35.5. The van der Waals surface area contributed by atoms with E-state index in [4.69, 9.17) is 11.6 Å². The summed E-state index contributed by atoms with van der Waals surface area (Å²) < 4.78 is 32.5. The Morgan fingerprint density at radius 2 is 1.92 bits per heavy atom. The zero-order valence-corrected chi connectivity index (χ0v) is 16.7. The van der Waals surface area contributed by atoms with Crippen molar-refractivity contribution in [2.24, 2.45) is 0 Å². The molecule has 0 aliphatic rings. The number of rotatable bonds is 6. The van der Waals surface area contributed by atoms with Crippen LogP contribution >= 0.6 is 34.7 Å². The maximum atomic E-state index is 11.6. The molecule has 0 aliphatic carbocycles. The lowest BCUT2D eigenvalue weighted by Gasteiger charge is -2.08. The van der Waals surface area contributed by atoms with Crippen molar-refractivity contribution in [3.05, 3.63) is 58.1 Å². The van der Waals surface area contributed by atoms with Crippen molar-refractivity contribution in [2.75, 3.05) is 5.32 Å². The van der Waals surface area contributed by atoms with E-state index in [-0.39, 0.29) is 10.6 Å². The molecule has 1 aromatic heterocycles. The molecule has 136 valence electrons. The summed E-state index contributed by atoms with van der Waals surface area (Å²) in [4.78, 5) is 0.871. The van der Waals surface area contributed by atoms with Gasteiger partial charge < -0.3 is 5.32 Å². The number of halogens is 1. The Morgan fingerprint density at radius 1 is 1.19 bits per heavy atom. The van der Waals surface area contributed by atoms with Crippen LogP contribution in [0, 0.1) is 6.92 Å². The highest BCUT2D eigenvalue weighted by Crippen LogP contribution is 2.30. The second-order valence-corrected chi connectivity index (χ2v) is 9.28. The van der Waals surface area contributed by atoms with Gasteiger partial charge in [0.15, 0.2) is 0 Å². The van der Waals surface area contributed by atoms with Crippen LogP contribution in [0.1, 0.15) is 10.6 Å². The van der Waals surface area contributed by atoms with Crippen LogP contribution in [0.3, 0.4) is 0 Å². The minimum Gasteiger partial charge on any atom is -0.329 e. The Kier molecular flexibility index (Phi) is 5.83. The third-order valence-corrected chi connectivity index (χ3v) is 6.49. The van der Waals surface area contributed by atoms with E-state index in [1.807, 2.05) is 24.3 Å². The molecule has 0 amide bonds. The third kappa shape index (κ3) is 4.95. The number of aromatic nitrogens is 2. The number of hydrogen-bond donors (Lipinski definition) is 2. The van der Waals surface area contributed by atoms with E-state index in [1.165, 1.54) is 17.4 Å². The quantitative estimate of drug-likeness (QED) is 0.431. The Labute approximate surface area is 164 Å². The largest absolute Gasteiger partial charge is 0.329 e. The zero-order chi connectivity index (χ0) is 18.7. The summed E-state index contributed by atoms with van der Waals surface area (Å²) in [5.74, 6) is 0.625. The molecular weight excluding hydrogens is 414 g/mol. The van der Waals surface area contributed by atoms with Gasteiger partial charge in [-0.1, -0.05) is 29.0 Å². The van der Waals surface area contributed by atoms with Gasteiger partial charge in [-0.3, -0.25) is 4.55 Å². The molecule has 1 heterocycles. The van der Waals surface area contributed by atoms with Gasteiger partial charge in [0.1, 0.15) is 9.90 Å². The first-order chi connectivity index (χ1) is 12.3. The van der Waals surface area contributed by atoms with E-state index in [0.29, 0.717) is 15.9 Å². The average Bonchev–Trinajstić information content (AvgIpc) is 3.02. The van der Waals surface area contributed by atoms with Gasteiger partial charge >= 0.3 is 0 Å². The van der Waals surface area contributed by atoms with Crippen molar-refractivity contribution < 1.29 is 13.0 Å². The molecule has 3 aromatic rings. The second-order valence-electron chi connectivity index (χ2n) is 5.34. The van der Waals surface area contributed by atoms with Gasteiger partial charge in [-0.15, -0.1) is 22.0 Å². The highest BCUT2D eigenvalue weighted by Gasteiger charge is 2.17. The summed E-state index contributed by atoms with van der Waals surface area (Å²) in [6.45, 7) is 1.75. The van der Waals surface area contributed by atoms with E-state index in [1.54, 1.807) is 30.8 Å². The number of benzene rings is 2. The molecule has 0 saturated heterocycles. The average molecular weight is 428 g/mol. The molecule has 0 radical (unpaired) electrons. The van der Waals surface area contributed by atoms with Crippen molar-refractivity contribution in [1.82, 2.24) is 10.2 Å². The van der Waals surface area contributed by atoms with Crippen LogP contribution in [0.25, 0.3) is 0 Å². The van der Waals surface area contributed by atoms with Crippen LogP contribution in [-0.2, 0) is 15.9 Å². The van der Waals surface area contributed by atoms with Crippen LogP contribution < -0.4 is 5.32 Å². The molecule has 0 fully saturated rings. The summed E-state index contributed by atoms with van der Waals surface area (Å²) >= 11 is 8.78. The summed E-state index contributed by atoms with van der Waals surface area (Å²) in [5, 5.41) is 13.0. The number of anilines is 2. The minimum absolute atomic E-state index is 0.190. The molecule has 0 spiro atoms. The molecule has 0 saturated carbocycles. The Morgan fingerprint density at radius 3 is 2.62 bits per heavy atom. The first kappa shape index (κ1) is 19.1. The molecule has 10 heteroatoms. The standard InChI is InChI=1S/C16H14ClN3O3S3/c1-10-2-7-13(14(8-10)26(21,22)23)18-16-20-19-15(25-16)9-24-12-5-3-11(17)4-6-12/h2-8H,9H2,1H3,(H,18,20)(H,21,22,23). The van der Waals surface area contributed by atoms with Gasteiger partial charge in [0, 0.05) is 9.92 Å². The Balaban J connectivity index is 1.72. The maximum Gasteiger partial charge on any atom is 0.296 e. The SMILES string of the molecule is Cc1ccc(Nc2nnc(CSc3ccc(Cl)cc3)s2)c(S(=O)(=O)O)c1. The van der Waals surface area contributed by atoms with Crippen LogP contribution in [0.2, 0.25) is 5.02 Å². The normalized spacial score (nSPS) is 11.5. The molecule has 2 aromatic carbocycles. The van der Waals surface area contributed by atoms with Crippen LogP contribution in [0.4, 0.5) is 10.8 Å². The summed E-state index contributed by atoms with van der Waals surface area (Å²) in [6, 6.07) is 12.2. The monoisotopic (exact) mass is 427 g/mol. The molecule has 0 atom stereocenters. The smallest absolute Gasteiger partial charge is 0.296 e. The second kappa shape index (κ2) is 7.93. The molecule has 0 bridgehead atoms. The van der Waals surface area contributed by atoms with E-state index in [2.05, 4.69) is 15.5 Å². The molecule has 26 heavy (non-hydrogen) atoms. The predicted molar refractivity (Wildman–Crippen MR) is 105 cm³/mol. The summed E-state index contributed by atoms with van der Waals surface area (Å²) in [7, 11) is -4.34. The summed E-state index contributed by atoms with van der Waals surface area (Å²) in [6.07, 6.45) is 0. The number of nitrogens with zero attached hydrogens (tertiary/aromatic N) is 2. The van der Waals surface area contributed by atoms with Crippen molar-refractivity contribution in [3.63, 3.8) is 0 Å². The van der Waals surface area contributed by atoms with Crippen LogP contribution in [0.15, 0.2) is 52.3 Å². The lowest BCUT2D eigenvalue weighted by molar-refractivity contribution is 0.483. The lowest BCUT2D eigenvalue weighted by Crippen LogP contribution is -2.03. The molecule has 6 nitrogen and oxygen atoms in total. The number of hydrogen-bond acceptors (Lipinski definition) is 7. The first-order valence-corrected chi connectivity index (χ1v) is 11.0. The lowest BCUT2D eigenvalue weighted by atomic mass is 10.2. The maximum absolute atomic E-state index is 11.6. The first-order valence-electron chi connectivity index (χ1n) is 7.37. The van der Waals surface area contributed by atoms with E-state index < -0.39 is 10.1 Å². The molecular formula is C16H14ClN3O3S3. The third-order valence-electron chi connectivity index (χ3n) is 3.30. The molecule has 0 unspecified atom stereocenters. The van der Waals surface area contributed by atoms with Gasteiger partial charge in [-0.25, -0.2) is 0 Å². The fourth-order valence-corrected chi connectivity index (χ4v) is 4.59. The zero-order valence-electron chi connectivity index (χ0n) is 13.5. The van der Waals surface area contributed by atoms with Crippen LogP contribution in [-0.4, -0.2) is 23.2 Å². The van der Waals surface area contributed by atoms with E-state index in [9.17, 15) is 13.0 Å². The Hall–Kier alpha value is -1.65. The topological polar surface area (TPSA) is 92.2 Å². The van der Waals surface area contributed by atoms with Crippen molar-refractivity contribution in [1.29, 1.82) is 0 Å². The minimum atomic E-state index is -4.34. The van der Waals surface area contributed by atoms with E-state index >= 15 is 0 Å². The van der Waals surface area contributed by atoms with Crippen molar-refractivity contribution in [2.45, 2.75) is 22.5 Å². The molecule has 3 rings (SSSR count). The predicted octanol–water partition coefficient (Wildman–Crippen LogP) is 4.78. The van der Waals surface area contributed by atoms with Crippen LogP contribution in [0.5, 0.6) is 0 Å². The van der Waals surface area contributed by atoms with Gasteiger partial charge in [0.25, 0.3) is 10.1 Å². The fraction of sp³-hybridized carbons (Fsp3) is 0.125. The van der Waals surface area contributed by atoms with Crippen molar-refractivity contribution >= 4 is 55.6 Å². The summed E-state index contributed by atoms with van der Waals surface area (Å²) in [5.41, 5.74) is 0.978. The molecule has 2 N–H and O–H groups in total. The number of nitrogens with one attached hydrogen (secondary N) is 1. The number of aryl methyl sites for hydroxylation is 1. The number of thioether (sulfide) groups is 1. The fourth-order valence-electron chi connectivity index (χ4n) is 2.10. The van der Waals surface area contributed by atoms with Gasteiger partial charge in [0.2, 0.25) is 5.13 Å². The highest BCUT2D eigenvalue weighted by molar-refractivity contribution is 7.98. The van der Waals surface area contributed by atoms with Gasteiger partial charge in [-0.2, -0.15) is 8.42 Å². The van der Waals surface area contributed by atoms with Gasteiger partial charge in [0.05, 0.1) is 11.4 Å². The van der Waals surface area contributed by atoms with E-state index in [0.717, 1.165) is 15.5 Å².